The van der Waals surface area contributed by atoms with Crippen LogP contribution in [0, 0.1) is 5.92 Å². The van der Waals surface area contributed by atoms with Crippen molar-refractivity contribution < 1.29 is 9.84 Å². The lowest BCUT2D eigenvalue weighted by Crippen LogP contribution is -2.36. The molecular formula is C18H23NO2. The molecule has 2 aromatic carbocycles. The van der Waals surface area contributed by atoms with E-state index in [2.05, 4.69) is 6.92 Å². The van der Waals surface area contributed by atoms with Crippen molar-refractivity contribution in [2.45, 2.75) is 25.5 Å². The molecule has 0 aliphatic heterocycles. The first-order valence-electron chi connectivity index (χ1n) is 7.24. The van der Waals surface area contributed by atoms with Gasteiger partial charge in [0.05, 0.1) is 13.2 Å². The third-order valence-corrected chi connectivity index (χ3v) is 3.90. The van der Waals surface area contributed by atoms with Crippen molar-refractivity contribution in [1.29, 1.82) is 0 Å². The molecule has 21 heavy (non-hydrogen) atoms. The van der Waals surface area contributed by atoms with Crippen molar-refractivity contribution in [3.63, 3.8) is 0 Å². The lowest BCUT2D eigenvalue weighted by atomic mass is 9.88. The Labute approximate surface area is 126 Å². The molecule has 0 saturated carbocycles. The summed E-state index contributed by atoms with van der Waals surface area (Å²) in [6, 6.07) is 17.2. The minimum atomic E-state index is -0.657. The lowest BCUT2D eigenvalue weighted by molar-refractivity contribution is 0.121. The largest absolute Gasteiger partial charge is 0.496 e. The molecule has 3 heteroatoms. The van der Waals surface area contributed by atoms with Gasteiger partial charge in [-0.05, 0) is 29.5 Å². The maximum Gasteiger partial charge on any atom is 0.122 e. The third-order valence-electron chi connectivity index (χ3n) is 3.90. The second-order valence-electron chi connectivity index (χ2n) is 5.43. The van der Waals surface area contributed by atoms with Crippen molar-refractivity contribution in [2.75, 3.05) is 7.11 Å². The molecule has 112 valence electrons. The van der Waals surface area contributed by atoms with Crippen molar-refractivity contribution in [1.82, 2.24) is 0 Å². The van der Waals surface area contributed by atoms with E-state index in [0.29, 0.717) is 0 Å². The van der Waals surface area contributed by atoms with Crippen molar-refractivity contribution in [3.8, 4) is 5.75 Å². The molecule has 0 aromatic heterocycles. The molecule has 0 radical (unpaired) electrons. The fourth-order valence-electron chi connectivity index (χ4n) is 2.54. The minimum Gasteiger partial charge on any atom is -0.496 e. The Kier molecular flexibility index (Phi) is 5.37. The van der Waals surface area contributed by atoms with E-state index >= 15 is 0 Å². The summed E-state index contributed by atoms with van der Waals surface area (Å²) in [5.41, 5.74) is 8.21. The molecule has 0 amide bonds. The van der Waals surface area contributed by atoms with Gasteiger partial charge in [0.25, 0.3) is 0 Å². The van der Waals surface area contributed by atoms with Gasteiger partial charge in [-0.3, -0.25) is 0 Å². The zero-order valence-corrected chi connectivity index (χ0v) is 12.6. The molecule has 0 heterocycles. The fraction of sp³-hybridized carbons (Fsp3) is 0.333. The number of para-hydroxylation sites is 1. The van der Waals surface area contributed by atoms with Gasteiger partial charge in [-0.1, -0.05) is 55.5 Å². The van der Waals surface area contributed by atoms with E-state index < -0.39 is 6.10 Å². The molecule has 0 spiro atoms. The predicted molar refractivity (Wildman–Crippen MR) is 85.2 cm³/mol. The second kappa shape index (κ2) is 7.25. The third kappa shape index (κ3) is 3.84. The summed E-state index contributed by atoms with van der Waals surface area (Å²) in [6.07, 6.45) is 0.116. The Morgan fingerprint density at radius 2 is 1.67 bits per heavy atom. The molecule has 0 aliphatic rings. The van der Waals surface area contributed by atoms with Gasteiger partial charge in [0, 0.05) is 6.04 Å². The average molecular weight is 285 g/mol. The first-order chi connectivity index (χ1) is 10.1. The molecule has 0 aliphatic carbocycles. The van der Waals surface area contributed by atoms with Crippen LogP contribution in [0.15, 0.2) is 54.6 Å². The van der Waals surface area contributed by atoms with Gasteiger partial charge in [-0.2, -0.15) is 0 Å². The Balaban J connectivity index is 2.07. The maximum absolute atomic E-state index is 10.4. The first kappa shape index (κ1) is 15.5. The van der Waals surface area contributed by atoms with E-state index in [9.17, 15) is 5.11 Å². The maximum atomic E-state index is 10.4. The predicted octanol–water partition coefficient (Wildman–Crippen LogP) is 2.93. The zero-order chi connectivity index (χ0) is 15.2. The average Bonchev–Trinajstić information content (AvgIpc) is 2.54. The minimum absolute atomic E-state index is 0.136. The highest BCUT2D eigenvalue weighted by atomic mass is 16.5. The molecule has 0 fully saturated rings. The Morgan fingerprint density at radius 1 is 1.05 bits per heavy atom. The van der Waals surface area contributed by atoms with Crippen LogP contribution in [0.3, 0.4) is 0 Å². The standard InChI is InChI=1S/C18H23NO2/c1-13(12-15-10-6-7-11-16(15)21-2)17(19)18(20)14-8-4-3-5-9-14/h3-11,13,17-18,20H,12,19H2,1-2H3/t13?,17-,18-/m1/s1. The highest BCUT2D eigenvalue weighted by molar-refractivity contribution is 5.33. The highest BCUT2D eigenvalue weighted by Gasteiger charge is 2.23. The molecule has 3 N–H and O–H groups in total. The molecule has 1 unspecified atom stereocenters. The van der Waals surface area contributed by atoms with Gasteiger partial charge < -0.3 is 15.6 Å². The zero-order valence-electron chi connectivity index (χ0n) is 12.6. The normalized spacial score (nSPS) is 15.2. The van der Waals surface area contributed by atoms with Gasteiger partial charge in [0.15, 0.2) is 0 Å². The number of hydrogen-bond donors (Lipinski definition) is 2. The van der Waals surface area contributed by atoms with E-state index in [1.807, 2.05) is 54.6 Å². The smallest absolute Gasteiger partial charge is 0.122 e. The van der Waals surface area contributed by atoms with E-state index in [4.69, 9.17) is 10.5 Å². The number of methoxy groups -OCH3 is 1. The number of ether oxygens (including phenoxy) is 1. The Bertz CT molecular complexity index is 556. The number of aliphatic hydroxyl groups excluding tert-OH is 1. The van der Waals surface area contributed by atoms with Crippen LogP contribution in [-0.4, -0.2) is 18.3 Å². The van der Waals surface area contributed by atoms with Crippen LogP contribution in [0.4, 0.5) is 0 Å². The summed E-state index contributed by atoms with van der Waals surface area (Å²) in [5.74, 6) is 1.00. The van der Waals surface area contributed by atoms with Crippen molar-refractivity contribution in [3.05, 3.63) is 65.7 Å². The molecule has 0 bridgehead atoms. The Morgan fingerprint density at radius 3 is 2.33 bits per heavy atom. The van der Waals surface area contributed by atoms with Crippen LogP contribution in [0.25, 0.3) is 0 Å². The molecule has 3 atom stereocenters. The number of hydrogen-bond acceptors (Lipinski definition) is 3. The number of rotatable bonds is 6. The lowest BCUT2D eigenvalue weighted by Gasteiger charge is -2.26. The number of benzene rings is 2. The summed E-state index contributed by atoms with van der Waals surface area (Å²) in [6.45, 7) is 2.06. The van der Waals surface area contributed by atoms with Gasteiger partial charge in [0.1, 0.15) is 5.75 Å². The summed E-state index contributed by atoms with van der Waals surface area (Å²) in [4.78, 5) is 0. The second-order valence-corrected chi connectivity index (χ2v) is 5.43. The van der Waals surface area contributed by atoms with E-state index in [0.717, 1.165) is 23.3 Å². The summed E-state index contributed by atoms with van der Waals surface area (Å²) in [5, 5.41) is 10.4. The van der Waals surface area contributed by atoms with E-state index in [-0.39, 0.29) is 12.0 Å². The SMILES string of the molecule is COc1ccccc1CC(C)[C@@H](N)[C@H](O)c1ccccc1. The van der Waals surface area contributed by atoms with Crippen molar-refractivity contribution >= 4 is 0 Å². The van der Waals surface area contributed by atoms with E-state index in [1.165, 1.54) is 0 Å². The summed E-state index contributed by atoms with van der Waals surface area (Å²) >= 11 is 0. The molecular weight excluding hydrogens is 262 g/mol. The van der Waals surface area contributed by atoms with Crippen LogP contribution < -0.4 is 10.5 Å². The fourth-order valence-corrected chi connectivity index (χ4v) is 2.54. The quantitative estimate of drug-likeness (QED) is 0.858. The van der Waals surface area contributed by atoms with Crippen LogP contribution in [-0.2, 0) is 6.42 Å². The van der Waals surface area contributed by atoms with Crippen LogP contribution in [0.5, 0.6) is 5.75 Å². The van der Waals surface area contributed by atoms with Crippen LogP contribution >= 0.6 is 0 Å². The monoisotopic (exact) mass is 285 g/mol. The topological polar surface area (TPSA) is 55.5 Å². The van der Waals surface area contributed by atoms with Crippen LogP contribution in [0.1, 0.15) is 24.2 Å². The summed E-state index contributed by atoms with van der Waals surface area (Å²) in [7, 11) is 1.67. The first-order valence-corrected chi connectivity index (χ1v) is 7.24. The van der Waals surface area contributed by atoms with Gasteiger partial charge >= 0.3 is 0 Å². The van der Waals surface area contributed by atoms with Crippen LogP contribution in [0.2, 0.25) is 0 Å². The molecule has 3 nitrogen and oxygen atoms in total. The van der Waals surface area contributed by atoms with Gasteiger partial charge in [0.2, 0.25) is 0 Å². The van der Waals surface area contributed by atoms with Crippen molar-refractivity contribution in [2.24, 2.45) is 11.7 Å². The molecule has 0 saturated heterocycles. The Hall–Kier alpha value is -1.84. The summed E-state index contributed by atoms with van der Waals surface area (Å²) < 4.78 is 5.37. The number of aliphatic hydroxyl groups is 1. The molecule has 2 rings (SSSR count). The number of nitrogens with two attached hydrogens (primary N) is 1. The molecule has 2 aromatic rings. The highest BCUT2D eigenvalue weighted by Crippen LogP contribution is 2.26. The van der Waals surface area contributed by atoms with Gasteiger partial charge in [-0.15, -0.1) is 0 Å². The van der Waals surface area contributed by atoms with E-state index in [1.54, 1.807) is 7.11 Å². The van der Waals surface area contributed by atoms with Gasteiger partial charge in [-0.25, -0.2) is 0 Å².